The Morgan fingerprint density at radius 3 is 1.65 bits per heavy atom. The minimum atomic E-state index is -0.897. The third kappa shape index (κ3) is 7.51. The Morgan fingerprint density at radius 2 is 1.30 bits per heavy atom. The molecule has 0 rings (SSSR count). The van der Waals surface area contributed by atoms with Crippen LogP contribution in [-0.4, -0.2) is 23.7 Å². The lowest BCUT2D eigenvalue weighted by Gasteiger charge is -2.25. The second kappa shape index (κ2) is 8.98. The summed E-state index contributed by atoms with van der Waals surface area (Å²) in [6, 6.07) is 0. The van der Waals surface area contributed by atoms with Crippen molar-refractivity contribution in [1.29, 1.82) is 0 Å². The number of carbonyl (C=O) groups is 2. The first kappa shape index (κ1) is 18.9. The average Bonchev–Trinajstić information content (AvgIpc) is 2.29. The van der Waals surface area contributed by atoms with E-state index in [0.29, 0.717) is 19.4 Å². The van der Waals surface area contributed by atoms with Gasteiger partial charge in [-0.1, -0.05) is 41.5 Å². The van der Waals surface area contributed by atoms with E-state index >= 15 is 0 Å². The fourth-order valence-electron chi connectivity index (χ4n) is 2.23. The maximum atomic E-state index is 12.2. The van der Waals surface area contributed by atoms with E-state index in [0.717, 1.165) is 0 Å². The zero-order valence-corrected chi connectivity index (χ0v) is 13.7. The zero-order valence-electron chi connectivity index (χ0n) is 13.7. The maximum absolute atomic E-state index is 12.2. The molecule has 0 saturated heterocycles. The second-order valence-corrected chi connectivity index (χ2v) is 6.83. The number of ether oxygens (including phenoxy) is 1. The molecule has 4 heteroatoms. The predicted octanol–water partition coefficient (Wildman–Crippen LogP) is 3.59. The highest BCUT2D eigenvalue weighted by molar-refractivity contribution is 5.81. The molecular weight excluding hydrogens is 256 g/mol. The molecule has 2 unspecified atom stereocenters. The van der Waals surface area contributed by atoms with Crippen LogP contribution in [0, 0.1) is 29.6 Å². The summed E-state index contributed by atoms with van der Waals surface area (Å²) in [5, 5.41) is 9.42. The molecule has 0 spiro atoms. The number of aliphatic carboxylic acids is 1. The molecular formula is C16H30O4. The highest BCUT2D eigenvalue weighted by Crippen LogP contribution is 2.28. The van der Waals surface area contributed by atoms with Gasteiger partial charge >= 0.3 is 11.9 Å². The zero-order chi connectivity index (χ0) is 15.9. The van der Waals surface area contributed by atoms with E-state index < -0.39 is 17.8 Å². The van der Waals surface area contributed by atoms with Gasteiger partial charge in [0.25, 0.3) is 0 Å². The average molecular weight is 286 g/mol. The topological polar surface area (TPSA) is 63.6 Å². The lowest BCUT2D eigenvalue weighted by Crippen LogP contribution is -2.34. The highest BCUT2D eigenvalue weighted by Gasteiger charge is 2.35. The molecule has 4 nitrogen and oxygen atoms in total. The molecule has 20 heavy (non-hydrogen) atoms. The predicted molar refractivity (Wildman–Crippen MR) is 79.3 cm³/mol. The SMILES string of the molecule is CC(C)COC(=O)C(CC(C)C)C(CC(C)C)C(=O)O. The largest absolute Gasteiger partial charge is 0.481 e. The van der Waals surface area contributed by atoms with Crippen LogP contribution in [0.3, 0.4) is 0 Å². The van der Waals surface area contributed by atoms with E-state index in [1.807, 2.05) is 41.5 Å². The Kier molecular flexibility index (Phi) is 8.51. The smallest absolute Gasteiger partial charge is 0.309 e. The number of carboxylic acids is 1. The van der Waals surface area contributed by atoms with Crippen LogP contribution in [0.25, 0.3) is 0 Å². The molecule has 0 aliphatic carbocycles. The van der Waals surface area contributed by atoms with E-state index in [1.165, 1.54) is 0 Å². The molecule has 0 fully saturated rings. The minimum absolute atomic E-state index is 0.240. The van der Waals surface area contributed by atoms with Gasteiger partial charge < -0.3 is 9.84 Å². The lowest BCUT2D eigenvalue weighted by atomic mass is 9.81. The molecule has 0 radical (unpaired) electrons. The van der Waals surface area contributed by atoms with Crippen molar-refractivity contribution in [2.45, 2.75) is 54.4 Å². The Bertz CT molecular complexity index is 308. The van der Waals surface area contributed by atoms with Gasteiger partial charge in [-0.2, -0.15) is 0 Å². The molecule has 0 aromatic rings. The monoisotopic (exact) mass is 286 g/mol. The molecule has 0 aromatic carbocycles. The van der Waals surface area contributed by atoms with Gasteiger partial charge in [0.15, 0.2) is 0 Å². The first-order chi connectivity index (χ1) is 9.15. The number of carbonyl (C=O) groups excluding carboxylic acids is 1. The maximum Gasteiger partial charge on any atom is 0.309 e. The molecule has 0 heterocycles. The standard InChI is InChI=1S/C16H30O4/c1-10(2)7-13(15(17)18)14(8-11(3)4)16(19)20-9-12(5)6/h10-14H,7-9H2,1-6H3,(H,17,18). The Hall–Kier alpha value is -1.06. The fourth-order valence-corrected chi connectivity index (χ4v) is 2.23. The summed E-state index contributed by atoms with van der Waals surface area (Å²) >= 11 is 0. The van der Waals surface area contributed by atoms with Crippen LogP contribution in [-0.2, 0) is 14.3 Å². The van der Waals surface area contributed by atoms with Crippen LogP contribution in [0.1, 0.15) is 54.4 Å². The van der Waals surface area contributed by atoms with Crippen molar-refractivity contribution in [3.8, 4) is 0 Å². The molecule has 118 valence electrons. The summed E-state index contributed by atoms with van der Waals surface area (Å²) in [7, 11) is 0. The van der Waals surface area contributed by atoms with Crippen LogP contribution in [0.5, 0.6) is 0 Å². The van der Waals surface area contributed by atoms with Gasteiger partial charge in [0.2, 0.25) is 0 Å². The molecule has 0 aromatic heterocycles. The lowest BCUT2D eigenvalue weighted by molar-refractivity contribution is -0.160. The molecule has 2 atom stereocenters. The molecule has 0 bridgehead atoms. The number of esters is 1. The minimum Gasteiger partial charge on any atom is -0.481 e. The van der Waals surface area contributed by atoms with Crippen molar-refractivity contribution in [3.63, 3.8) is 0 Å². The van der Waals surface area contributed by atoms with Gasteiger partial charge in [0.05, 0.1) is 18.4 Å². The van der Waals surface area contributed by atoms with Crippen molar-refractivity contribution in [2.75, 3.05) is 6.61 Å². The van der Waals surface area contributed by atoms with Gasteiger partial charge in [-0.05, 0) is 30.6 Å². The van der Waals surface area contributed by atoms with Gasteiger partial charge in [0.1, 0.15) is 0 Å². The molecule has 0 amide bonds. The summed E-state index contributed by atoms with van der Waals surface area (Å²) in [4.78, 5) is 23.7. The number of hydrogen-bond donors (Lipinski definition) is 1. The highest BCUT2D eigenvalue weighted by atomic mass is 16.5. The van der Waals surface area contributed by atoms with E-state index in [2.05, 4.69) is 0 Å². The van der Waals surface area contributed by atoms with Crippen LogP contribution >= 0.6 is 0 Å². The summed E-state index contributed by atoms with van der Waals surface area (Å²) in [5.41, 5.74) is 0. The van der Waals surface area contributed by atoms with Crippen molar-refractivity contribution in [1.82, 2.24) is 0 Å². The Labute approximate surface area is 122 Å². The second-order valence-electron chi connectivity index (χ2n) is 6.83. The van der Waals surface area contributed by atoms with E-state index in [4.69, 9.17) is 4.74 Å². The third-order valence-electron chi connectivity index (χ3n) is 3.12. The normalized spacial score (nSPS) is 14.7. The summed E-state index contributed by atoms with van der Waals surface area (Å²) < 4.78 is 5.28. The molecule has 0 aliphatic rings. The van der Waals surface area contributed by atoms with Gasteiger partial charge in [-0.3, -0.25) is 9.59 Å². The van der Waals surface area contributed by atoms with Crippen molar-refractivity contribution >= 4 is 11.9 Å². The van der Waals surface area contributed by atoms with Crippen molar-refractivity contribution < 1.29 is 19.4 Å². The molecule has 0 aliphatic heterocycles. The summed E-state index contributed by atoms with van der Waals surface area (Å²) in [6.07, 6.45) is 1.06. The van der Waals surface area contributed by atoms with Gasteiger partial charge in [-0.25, -0.2) is 0 Å². The third-order valence-corrected chi connectivity index (χ3v) is 3.12. The van der Waals surface area contributed by atoms with E-state index in [9.17, 15) is 14.7 Å². The summed E-state index contributed by atoms with van der Waals surface area (Å²) in [6.45, 7) is 12.2. The Morgan fingerprint density at radius 1 is 0.850 bits per heavy atom. The summed E-state index contributed by atoms with van der Waals surface area (Å²) in [5.74, 6) is -1.70. The first-order valence-electron chi connectivity index (χ1n) is 7.54. The Balaban J connectivity index is 4.97. The number of rotatable bonds is 9. The number of carboxylic acid groups (broad SMARTS) is 1. The van der Waals surface area contributed by atoms with E-state index in [-0.39, 0.29) is 23.7 Å². The van der Waals surface area contributed by atoms with Crippen molar-refractivity contribution in [2.24, 2.45) is 29.6 Å². The fraction of sp³-hybridized carbons (Fsp3) is 0.875. The van der Waals surface area contributed by atoms with Crippen LogP contribution in [0.2, 0.25) is 0 Å². The van der Waals surface area contributed by atoms with Crippen LogP contribution < -0.4 is 0 Å². The first-order valence-corrected chi connectivity index (χ1v) is 7.54. The van der Waals surface area contributed by atoms with Gasteiger partial charge in [0, 0.05) is 0 Å². The van der Waals surface area contributed by atoms with E-state index in [1.54, 1.807) is 0 Å². The number of hydrogen-bond acceptors (Lipinski definition) is 3. The van der Waals surface area contributed by atoms with Gasteiger partial charge in [-0.15, -0.1) is 0 Å². The molecule has 1 N–H and O–H groups in total. The van der Waals surface area contributed by atoms with Crippen LogP contribution in [0.15, 0.2) is 0 Å². The quantitative estimate of drug-likeness (QED) is 0.658. The van der Waals surface area contributed by atoms with Crippen molar-refractivity contribution in [3.05, 3.63) is 0 Å². The van der Waals surface area contributed by atoms with Crippen LogP contribution in [0.4, 0.5) is 0 Å². The molecule has 0 saturated carbocycles.